The highest BCUT2D eigenvalue weighted by atomic mass is 32.1. The van der Waals surface area contributed by atoms with Crippen molar-refractivity contribution in [2.45, 2.75) is 37.7 Å². The molecule has 1 aromatic heterocycles. The van der Waals surface area contributed by atoms with Crippen LogP contribution in [0.25, 0.3) is 0 Å². The van der Waals surface area contributed by atoms with E-state index >= 15 is 0 Å². The van der Waals surface area contributed by atoms with E-state index in [2.05, 4.69) is 15.5 Å². The largest absolute Gasteiger partial charge is 0.371 e. The summed E-state index contributed by atoms with van der Waals surface area (Å²) >= 11 is 1.75. The zero-order valence-corrected chi connectivity index (χ0v) is 10.1. The molecule has 2 saturated heterocycles. The average molecular weight is 239 g/mol. The van der Waals surface area contributed by atoms with Crippen LogP contribution >= 0.6 is 11.3 Å². The summed E-state index contributed by atoms with van der Waals surface area (Å²) in [4.78, 5) is 0. The number of ether oxygens (including phenoxy) is 1. The summed E-state index contributed by atoms with van der Waals surface area (Å²) in [5.41, 5.74) is 0. The van der Waals surface area contributed by atoms with E-state index in [1.54, 1.807) is 11.3 Å². The lowest BCUT2D eigenvalue weighted by molar-refractivity contribution is 0.0144. The van der Waals surface area contributed by atoms with Crippen LogP contribution in [-0.4, -0.2) is 29.9 Å². The fourth-order valence-corrected chi connectivity index (χ4v) is 3.41. The van der Waals surface area contributed by atoms with Crippen LogP contribution in [0, 0.1) is 0 Å². The van der Waals surface area contributed by atoms with Crippen LogP contribution < -0.4 is 5.32 Å². The fourth-order valence-electron chi connectivity index (χ4n) is 2.34. The molecular weight excluding hydrogens is 222 g/mol. The normalized spacial score (nSPS) is 30.8. The average Bonchev–Trinajstić information content (AvgIpc) is 3.01. The van der Waals surface area contributed by atoms with Gasteiger partial charge in [0.2, 0.25) is 0 Å². The predicted molar refractivity (Wildman–Crippen MR) is 62.7 cm³/mol. The standard InChI is InChI=1S/C11H17N3OS/c1-2-6-15-9(3-1)11-14-13-10(16-11)8-4-5-12-7-8/h8-9,12H,1-7H2. The van der Waals surface area contributed by atoms with E-state index in [-0.39, 0.29) is 6.10 Å². The van der Waals surface area contributed by atoms with Crippen LogP contribution in [0.1, 0.15) is 47.7 Å². The topological polar surface area (TPSA) is 47.0 Å². The van der Waals surface area contributed by atoms with Crippen molar-refractivity contribution < 1.29 is 4.74 Å². The van der Waals surface area contributed by atoms with Gasteiger partial charge >= 0.3 is 0 Å². The Balaban J connectivity index is 1.71. The molecule has 0 spiro atoms. The number of nitrogens with zero attached hydrogens (tertiary/aromatic N) is 2. The monoisotopic (exact) mass is 239 g/mol. The summed E-state index contributed by atoms with van der Waals surface area (Å²) < 4.78 is 5.73. The molecule has 2 atom stereocenters. The van der Waals surface area contributed by atoms with E-state index in [0.29, 0.717) is 5.92 Å². The molecule has 0 aromatic carbocycles. The minimum atomic E-state index is 0.217. The van der Waals surface area contributed by atoms with E-state index in [4.69, 9.17) is 4.74 Å². The lowest BCUT2D eigenvalue weighted by Gasteiger charge is -2.19. The molecule has 4 nitrogen and oxygen atoms in total. The number of rotatable bonds is 2. The third-order valence-electron chi connectivity index (χ3n) is 3.32. The highest BCUT2D eigenvalue weighted by Gasteiger charge is 2.24. The second-order valence-corrected chi connectivity index (χ2v) is 5.56. The first-order chi connectivity index (χ1) is 7.93. The first-order valence-corrected chi connectivity index (χ1v) is 6.91. The van der Waals surface area contributed by atoms with Gasteiger partial charge in [-0.15, -0.1) is 10.2 Å². The lowest BCUT2D eigenvalue weighted by atomic mass is 10.1. The van der Waals surface area contributed by atoms with Gasteiger partial charge in [-0.2, -0.15) is 0 Å². The summed E-state index contributed by atoms with van der Waals surface area (Å²) in [5, 5.41) is 14.3. The Morgan fingerprint density at radius 3 is 2.88 bits per heavy atom. The van der Waals surface area contributed by atoms with Gasteiger partial charge in [0.05, 0.1) is 0 Å². The highest BCUT2D eigenvalue weighted by Crippen LogP contribution is 2.33. The van der Waals surface area contributed by atoms with Crippen molar-refractivity contribution in [2.75, 3.05) is 19.7 Å². The van der Waals surface area contributed by atoms with Crippen molar-refractivity contribution in [2.24, 2.45) is 0 Å². The predicted octanol–water partition coefficient (Wildman–Crippen LogP) is 1.86. The molecule has 16 heavy (non-hydrogen) atoms. The molecule has 5 heteroatoms. The molecule has 2 unspecified atom stereocenters. The third kappa shape index (κ3) is 2.12. The van der Waals surface area contributed by atoms with Crippen LogP contribution in [0.3, 0.4) is 0 Å². The molecule has 0 amide bonds. The van der Waals surface area contributed by atoms with Gasteiger partial charge in [-0.1, -0.05) is 11.3 Å². The Labute approximate surface area is 99.4 Å². The fraction of sp³-hybridized carbons (Fsp3) is 0.818. The molecule has 0 saturated carbocycles. The molecule has 0 bridgehead atoms. The lowest BCUT2D eigenvalue weighted by Crippen LogP contribution is -2.11. The zero-order valence-electron chi connectivity index (χ0n) is 9.32. The summed E-state index contributed by atoms with van der Waals surface area (Å²) in [6.45, 7) is 3.05. The Morgan fingerprint density at radius 2 is 2.12 bits per heavy atom. The van der Waals surface area contributed by atoms with Crippen molar-refractivity contribution >= 4 is 11.3 Å². The number of hydrogen-bond donors (Lipinski definition) is 1. The minimum absolute atomic E-state index is 0.217. The van der Waals surface area contributed by atoms with Crippen LogP contribution in [-0.2, 0) is 4.74 Å². The van der Waals surface area contributed by atoms with Crippen molar-refractivity contribution in [3.05, 3.63) is 10.0 Å². The van der Waals surface area contributed by atoms with Gasteiger partial charge in [-0.3, -0.25) is 0 Å². The summed E-state index contributed by atoms with van der Waals surface area (Å²) in [5.74, 6) is 0.579. The van der Waals surface area contributed by atoms with Crippen molar-refractivity contribution in [3.63, 3.8) is 0 Å². The Bertz CT molecular complexity index is 343. The van der Waals surface area contributed by atoms with Gasteiger partial charge in [0.15, 0.2) is 0 Å². The van der Waals surface area contributed by atoms with Crippen molar-refractivity contribution in [1.29, 1.82) is 0 Å². The van der Waals surface area contributed by atoms with Gasteiger partial charge in [0, 0.05) is 19.1 Å². The molecular formula is C11H17N3OS. The second kappa shape index (κ2) is 4.77. The highest BCUT2D eigenvalue weighted by molar-refractivity contribution is 7.11. The maximum absolute atomic E-state index is 5.73. The summed E-state index contributed by atoms with van der Waals surface area (Å²) in [6.07, 6.45) is 4.96. The van der Waals surface area contributed by atoms with E-state index in [0.717, 1.165) is 31.1 Å². The number of nitrogens with one attached hydrogen (secondary N) is 1. The van der Waals surface area contributed by atoms with Crippen LogP contribution in [0.4, 0.5) is 0 Å². The van der Waals surface area contributed by atoms with Gasteiger partial charge in [0.1, 0.15) is 16.1 Å². The van der Waals surface area contributed by atoms with Gasteiger partial charge in [-0.05, 0) is 32.2 Å². The molecule has 0 aliphatic carbocycles. The Hall–Kier alpha value is -0.520. The van der Waals surface area contributed by atoms with Gasteiger partial charge in [0.25, 0.3) is 0 Å². The first-order valence-electron chi connectivity index (χ1n) is 6.09. The van der Waals surface area contributed by atoms with Crippen molar-refractivity contribution in [3.8, 4) is 0 Å². The number of hydrogen-bond acceptors (Lipinski definition) is 5. The van der Waals surface area contributed by atoms with Crippen LogP contribution in [0.5, 0.6) is 0 Å². The molecule has 3 rings (SSSR count). The van der Waals surface area contributed by atoms with E-state index in [9.17, 15) is 0 Å². The quantitative estimate of drug-likeness (QED) is 0.855. The van der Waals surface area contributed by atoms with Crippen molar-refractivity contribution in [1.82, 2.24) is 15.5 Å². The number of aromatic nitrogens is 2. The molecule has 1 aromatic rings. The van der Waals surface area contributed by atoms with Crippen LogP contribution in [0.2, 0.25) is 0 Å². The Kier molecular flexibility index (Phi) is 3.17. The van der Waals surface area contributed by atoms with E-state index in [1.807, 2.05) is 0 Å². The van der Waals surface area contributed by atoms with Gasteiger partial charge < -0.3 is 10.1 Å². The smallest absolute Gasteiger partial charge is 0.146 e. The molecule has 2 aliphatic rings. The van der Waals surface area contributed by atoms with E-state index < -0.39 is 0 Å². The summed E-state index contributed by atoms with van der Waals surface area (Å²) in [7, 11) is 0. The van der Waals surface area contributed by atoms with Crippen LogP contribution in [0.15, 0.2) is 0 Å². The molecule has 88 valence electrons. The molecule has 0 radical (unpaired) electrons. The molecule has 2 aliphatic heterocycles. The minimum Gasteiger partial charge on any atom is -0.371 e. The summed E-state index contributed by atoms with van der Waals surface area (Å²) in [6, 6.07) is 0. The Morgan fingerprint density at radius 1 is 1.19 bits per heavy atom. The van der Waals surface area contributed by atoms with Gasteiger partial charge in [-0.25, -0.2) is 0 Å². The second-order valence-electron chi connectivity index (χ2n) is 4.52. The molecule has 2 fully saturated rings. The SMILES string of the molecule is C1CCC(c2nnc(C3CCNC3)s2)OC1. The first kappa shape index (κ1) is 10.6. The molecule has 3 heterocycles. The third-order valence-corrected chi connectivity index (χ3v) is 4.50. The molecule has 1 N–H and O–H groups in total. The maximum atomic E-state index is 5.73. The zero-order chi connectivity index (χ0) is 10.8. The van der Waals surface area contributed by atoms with E-state index in [1.165, 1.54) is 24.3 Å². The maximum Gasteiger partial charge on any atom is 0.146 e.